The third-order valence-corrected chi connectivity index (χ3v) is 3.71. The van der Waals surface area contributed by atoms with Crippen molar-refractivity contribution in [3.8, 4) is 0 Å². The molecule has 4 heteroatoms. The van der Waals surface area contributed by atoms with Crippen LogP contribution in [-0.4, -0.2) is 61.8 Å². The number of hydrogen-bond donors (Lipinski definition) is 2. The molecule has 2 heterocycles. The Morgan fingerprint density at radius 3 is 2.69 bits per heavy atom. The third-order valence-electron chi connectivity index (χ3n) is 3.71. The largest absolute Gasteiger partial charge is 0.314 e. The van der Waals surface area contributed by atoms with E-state index < -0.39 is 0 Å². The lowest BCUT2D eigenvalue weighted by atomic mass is 10.1. The minimum absolute atomic E-state index is 0.596. The van der Waals surface area contributed by atoms with Gasteiger partial charge >= 0.3 is 0 Å². The van der Waals surface area contributed by atoms with E-state index in [2.05, 4.69) is 34.6 Å². The molecule has 2 rings (SSSR count). The second-order valence-electron chi connectivity index (χ2n) is 5.35. The maximum absolute atomic E-state index is 3.63. The van der Waals surface area contributed by atoms with Crippen LogP contribution in [0.15, 0.2) is 0 Å². The molecule has 0 radical (unpaired) electrons. The van der Waals surface area contributed by atoms with E-state index in [0.29, 0.717) is 6.04 Å². The van der Waals surface area contributed by atoms with E-state index in [1.807, 2.05) is 0 Å². The fraction of sp³-hybridized carbons (Fsp3) is 1.00. The summed E-state index contributed by atoms with van der Waals surface area (Å²) < 4.78 is 0. The molecule has 2 atom stereocenters. The number of likely N-dealkylation sites (N-methyl/N-ethyl adjacent to an activating group) is 1. The lowest BCUT2D eigenvalue weighted by molar-refractivity contribution is 0.0864. The van der Waals surface area contributed by atoms with Gasteiger partial charge < -0.3 is 10.2 Å². The summed E-state index contributed by atoms with van der Waals surface area (Å²) in [6, 6.07) is 1.34. The van der Waals surface area contributed by atoms with E-state index in [4.69, 9.17) is 0 Å². The molecule has 2 aliphatic rings. The summed E-state index contributed by atoms with van der Waals surface area (Å²) in [6.07, 6.45) is 3.97. The summed E-state index contributed by atoms with van der Waals surface area (Å²) in [7, 11) is 2.20. The Kier molecular flexibility index (Phi) is 4.58. The molecular formula is C12H26N4. The molecule has 2 fully saturated rings. The normalized spacial score (nSPS) is 30.8. The van der Waals surface area contributed by atoms with Crippen LogP contribution < -0.4 is 10.7 Å². The Balaban J connectivity index is 1.64. The highest BCUT2D eigenvalue weighted by Crippen LogP contribution is 2.11. The highest BCUT2D eigenvalue weighted by molar-refractivity contribution is 4.78. The second-order valence-corrected chi connectivity index (χ2v) is 5.35. The van der Waals surface area contributed by atoms with Crippen LogP contribution in [-0.2, 0) is 0 Å². The van der Waals surface area contributed by atoms with Gasteiger partial charge in [0.15, 0.2) is 0 Å². The zero-order valence-electron chi connectivity index (χ0n) is 10.7. The standard InChI is InChI=1S/C12H26N4/c1-11(10-12-4-3-5-13-12)14-16-8-6-15(2)7-9-16/h11-14H,3-10H2,1-2H3. The van der Waals surface area contributed by atoms with Gasteiger partial charge in [-0.3, -0.25) is 5.43 Å². The third kappa shape index (κ3) is 3.70. The summed E-state index contributed by atoms with van der Waals surface area (Å²) in [6.45, 7) is 8.19. The second kappa shape index (κ2) is 5.96. The first-order chi connectivity index (χ1) is 7.74. The van der Waals surface area contributed by atoms with Gasteiger partial charge in [-0.25, -0.2) is 5.01 Å². The lowest BCUT2D eigenvalue weighted by Crippen LogP contribution is -2.53. The van der Waals surface area contributed by atoms with Crippen molar-refractivity contribution in [3.63, 3.8) is 0 Å². The van der Waals surface area contributed by atoms with Gasteiger partial charge in [0.05, 0.1) is 0 Å². The number of hydrogen-bond acceptors (Lipinski definition) is 4. The van der Waals surface area contributed by atoms with E-state index in [9.17, 15) is 0 Å². The van der Waals surface area contributed by atoms with Crippen molar-refractivity contribution in [1.29, 1.82) is 0 Å². The average molecular weight is 226 g/mol. The summed E-state index contributed by atoms with van der Waals surface area (Å²) >= 11 is 0. The molecule has 2 saturated heterocycles. The number of hydrazine groups is 1. The van der Waals surface area contributed by atoms with Gasteiger partial charge in [-0.05, 0) is 39.8 Å². The average Bonchev–Trinajstić information content (AvgIpc) is 2.74. The van der Waals surface area contributed by atoms with E-state index in [0.717, 1.165) is 19.1 Å². The van der Waals surface area contributed by atoms with Gasteiger partial charge in [0.25, 0.3) is 0 Å². The Hall–Kier alpha value is -0.160. The highest BCUT2D eigenvalue weighted by atomic mass is 15.5. The van der Waals surface area contributed by atoms with Crippen LogP contribution in [0, 0.1) is 0 Å². The molecule has 0 aromatic carbocycles. The molecule has 0 aromatic heterocycles. The maximum Gasteiger partial charge on any atom is 0.0259 e. The van der Waals surface area contributed by atoms with Crippen LogP contribution in [0.4, 0.5) is 0 Å². The smallest absolute Gasteiger partial charge is 0.0259 e. The highest BCUT2D eigenvalue weighted by Gasteiger charge is 2.19. The number of nitrogens with zero attached hydrogens (tertiary/aromatic N) is 2. The minimum Gasteiger partial charge on any atom is -0.314 e. The predicted octanol–water partition coefficient (Wildman–Crippen LogP) is 0.269. The molecule has 0 bridgehead atoms. The monoisotopic (exact) mass is 226 g/mol. The van der Waals surface area contributed by atoms with Gasteiger partial charge in [0.2, 0.25) is 0 Å². The van der Waals surface area contributed by atoms with Crippen LogP contribution in [0.3, 0.4) is 0 Å². The van der Waals surface area contributed by atoms with Gasteiger partial charge in [0.1, 0.15) is 0 Å². The van der Waals surface area contributed by atoms with Gasteiger partial charge in [-0.15, -0.1) is 0 Å². The molecule has 2 unspecified atom stereocenters. The summed E-state index contributed by atoms with van der Waals surface area (Å²) in [5, 5.41) is 5.95. The fourth-order valence-corrected chi connectivity index (χ4v) is 2.68. The van der Waals surface area contributed by atoms with Crippen LogP contribution in [0.1, 0.15) is 26.2 Å². The summed E-state index contributed by atoms with van der Waals surface area (Å²) in [5.41, 5.74) is 3.63. The number of rotatable bonds is 4. The van der Waals surface area contributed by atoms with Crippen LogP contribution in [0.25, 0.3) is 0 Å². The molecule has 4 nitrogen and oxygen atoms in total. The topological polar surface area (TPSA) is 30.5 Å². The lowest BCUT2D eigenvalue weighted by Gasteiger charge is -2.35. The summed E-state index contributed by atoms with van der Waals surface area (Å²) in [4.78, 5) is 2.39. The van der Waals surface area contributed by atoms with Crippen molar-refractivity contribution < 1.29 is 0 Å². The van der Waals surface area contributed by atoms with Crippen LogP contribution >= 0.6 is 0 Å². The zero-order chi connectivity index (χ0) is 11.4. The molecule has 0 saturated carbocycles. The zero-order valence-corrected chi connectivity index (χ0v) is 10.7. The van der Waals surface area contributed by atoms with Gasteiger partial charge in [-0.1, -0.05) is 0 Å². The summed E-state index contributed by atoms with van der Waals surface area (Å²) in [5.74, 6) is 0. The molecule has 0 amide bonds. The first-order valence-electron chi connectivity index (χ1n) is 6.67. The molecule has 0 aromatic rings. The van der Waals surface area contributed by atoms with E-state index in [-0.39, 0.29) is 0 Å². The molecule has 0 aliphatic carbocycles. The predicted molar refractivity (Wildman–Crippen MR) is 67.3 cm³/mol. The number of nitrogens with one attached hydrogen (secondary N) is 2. The Labute approximate surface area is 99.3 Å². The Morgan fingerprint density at radius 2 is 2.06 bits per heavy atom. The SMILES string of the molecule is CC(CC1CCCN1)NN1CCN(C)CC1. The van der Waals surface area contributed by atoms with Crippen molar-refractivity contribution in [3.05, 3.63) is 0 Å². The molecule has 0 spiro atoms. The first-order valence-corrected chi connectivity index (χ1v) is 6.67. The van der Waals surface area contributed by atoms with Gasteiger partial charge in [-0.2, -0.15) is 0 Å². The molecular weight excluding hydrogens is 200 g/mol. The van der Waals surface area contributed by atoms with Crippen molar-refractivity contribution in [2.75, 3.05) is 39.8 Å². The van der Waals surface area contributed by atoms with E-state index in [1.54, 1.807) is 0 Å². The maximum atomic E-state index is 3.63. The van der Waals surface area contributed by atoms with Crippen molar-refractivity contribution in [1.82, 2.24) is 20.7 Å². The quantitative estimate of drug-likeness (QED) is 0.720. The Morgan fingerprint density at radius 1 is 1.31 bits per heavy atom. The Bertz CT molecular complexity index is 195. The van der Waals surface area contributed by atoms with Crippen molar-refractivity contribution >= 4 is 0 Å². The van der Waals surface area contributed by atoms with Gasteiger partial charge in [0, 0.05) is 38.3 Å². The van der Waals surface area contributed by atoms with Crippen molar-refractivity contribution in [2.24, 2.45) is 0 Å². The molecule has 2 N–H and O–H groups in total. The molecule has 16 heavy (non-hydrogen) atoms. The molecule has 2 aliphatic heterocycles. The fourth-order valence-electron chi connectivity index (χ4n) is 2.68. The van der Waals surface area contributed by atoms with Crippen molar-refractivity contribution in [2.45, 2.75) is 38.3 Å². The minimum atomic E-state index is 0.596. The van der Waals surface area contributed by atoms with Crippen LogP contribution in [0.2, 0.25) is 0 Å². The number of piperazine rings is 1. The van der Waals surface area contributed by atoms with E-state index in [1.165, 1.54) is 38.9 Å². The van der Waals surface area contributed by atoms with Crippen LogP contribution in [0.5, 0.6) is 0 Å². The van der Waals surface area contributed by atoms with E-state index >= 15 is 0 Å². The molecule has 94 valence electrons. The first kappa shape index (κ1) is 12.3.